The van der Waals surface area contributed by atoms with Gasteiger partial charge in [-0.25, -0.2) is 0 Å². The summed E-state index contributed by atoms with van der Waals surface area (Å²) < 4.78 is 0. The van der Waals surface area contributed by atoms with Gasteiger partial charge in [-0.15, -0.1) is 0 Å². The molecule has 4 saturated carbocycles. The molecule has 0 radical (unpaired) electrons. The second-order valence-corrected chi connectivity index (χ2v) is 10.5. The Labute approximate surface area is 164 Å². The van der Waals surface area contributed by atoms with Crippen LogP contribution in [-0.4, -0.2) is 32.9 Å². The summed E-state index contributed by atoms with van der Waals surface area (Å²) in [7, 11) is 0. The number of hydrogen-bond donors (Lipinski definition) is 4. The van der Waals surface area contributed by atoms with Gasteiger partial charge < -0.3 is 21.1 Å². The maximum Gasteiger partial charge on any atom is 0.252 e. The number of benzene rings is 1. The third-order valence-corrected chi connectivity index (χ3v) is 9.41. The number of hydrogen-bond acceptors (Lipinski definition) is 4. The number of carbonyl (C=O) groups is 1. The van der Waals surface area contributed by atoms with Crippen molar-refractivity contribution in [2.45, 2.75) is 74.9 Å². The van der Waals surface area contributed by atoms with Crippen molar-refractivity contribution in [1.29, 1.82) is 0 Å². The fourth-order valence-corrected chi connectivity index (χ4v) is 8.21. The first kappa shape index (κ1) is 17.3. The molecule has 5 nitrogen and oxygen atoms in total. The Kier molecular flexibility index (Phi) is 3.16. The zero-order valence-electron chi connectivity index (χ0n) is 16.2. The fourth-order valence-electron chi connectivity index (χ4n) is 8.21. The van der Waals surface area contributed by atoms with Crippen molar-refractivity contribution in [2.75, 3.05) is 0 Å². The van der Waals surface area contributed by atoms with E-state index in [1.807, 2.05) is 6.07 Å². The molecule has 5 heteroatoms. The van der Waals surface area contributed by atoms with Crippen LogP contribution in [0, 0.1) is 23.2 Å². The average Bonchev–Trinajstić information content (AvgIpc) is 3.13. The van der Waals surface area contributed by atoms with Crippen LogP contribution in [-0.2, 0) is 11.8 Å². The zero-order valence-corrected chi connectivity index (χ0v) is 16.2. The number of primary amides is 1. The number of rotatable bonds is 3. The quantitative estimate of drug-likeness (QED) is 0.643. The van der Waals surface area contributed by atoms with Crippen molar-refractivity contribution in [3.05, 3.63) is 28.8 Å². The minimum Gasteiger partial charge on any atom is -0.507 e. The lowest BCUT2D eigenvalue weighted by molar-refractivity contribution is -0.107. The van der Waals surface area contributed by atoms with Gasteiger partial charge in [0.05, 0.1) is 17.3 Å². The minimum atomic E-state index is -0.903. The van der Waals surface area contributed by atoms with Gasteiger partial charge in [-0.3, -0.25) is 4.79 Å². The number of aliphatic hydroxyl groups is 2. The van der Waals surface area contributed by atoms with E-state index >= 15 is 0 Å². The van der Waals surface area contributed by atoms with Gasteiger partial charge in [0.1, 0.15) is 5.75 Å². The number of aromatic hydroxyl groups is 1. The van der Waals surface area contributed by atoms with Crippen LogP contribution in [0.2, 0.25) is 0 Å². The Morgan fingerprint density at radius 3 is 2.71 bits per heavy atom. The molecule has 4 fully saturated rings. The molecule has 5 N–H and O–H groups in total. The van der Waals surface area contributed by atoms with E-state index in [1.54, 1.807) is 6.07 Å². The highest BCUT2D eigenvalue weighted by Crippen LogP contribution is 2.84. The predicted octanol–water partition coefficient (Wildman–Crippen LogP) is 2.39. The van der Waals surface area contributed by atoms with Gasteiger partial charge in [-0.2, -0.15) is 0 Å². The van der Waals surface area contributed by atoms with Crippen molar-refractivity contribution in [1.82, 2.24) is 0 Å². The Hall–Kier alpha value is -1.59. The van der Waals surface area contributed by atoms with Crippen LogP contribution in [0.5, 0.6) is 5.75 Å². The van der Waals surface area contributed by atoms with E-state index in [9.17, 15) is 20.1 Å². The lowest BCUT2D eigenvalue weighted by atomic mass is 9.54. The van der Waals surface area contributed by atoms with E-state index in [0.717, 1.165) is 24.3 Å². The van der Waals surface area contributed by atoms with Crippen LogP contribution in [0.15, 0.2) is 12.1 Å². The summed E-state index contributed by atoms with van der Waals surface area (Å²) in [6.07, 6.45) is 8.02. The lowest BCUT2D eigenvalue weighted by Gasteiger charge is -2.53. The summed E-state index contributed by atoms with van der Waals surface area (Å²) in [5.41, 5.74) is 5.90. The molecule has 6 atom stereocenters. The Morgan fingerprint density at radius 2 is 2.04 bits per heavy atom. The number of carbonyl (C=O) groups excluding carboxylic acids is 1. The molecule has 5 aliphatic carbocycles. The Bertz CT molecular complexity index is 895. The zero-order chi connectivity index (χ0) is 19.5. The number of nitrogens with two attached hydrogens (primary N) is 1. The molecule has 5 aliphatic rings. The van der Waals surface area contributed by atoms with E-state index in [2.05, 4.69) is 0 Å². The monoisotopic (exact) mass is 383 g/mol. The van der Waals surface area contributed by atoms with Gasteiger partial charge in [-0.1, -0.05) is 25.3 Å². The topological polar surface area (TPSA) is 104 Å². The number of fused-ring (bicyclic) bond motifs is 2. The van der Waals surface area contributed by atoms with E-state index in [1.165, 1.54) is 25.7 Å². The molecule has 2 spiro atoms. The van der Waals surface area contributed by atoms with Crippen LogP contribution in [0.25, 0.3) is 0 Å². The molecule has 150 valence electrons. The highest BCUT2D eigenvalue weighted by molar-refractivity contribution is 5.96. The summed E-state index contributed by atoms with van der Waals surface area (Å²) in [5.74, 6) is 0.894. The number of amides is 1. The molecule has 0 saturated heterocycles. The molecule has 0 aromatic heterocycles. The Balaban J connectivity index is 1.52. The molecule has 28 heavy (non-hydrogen) atoms. The third-order valence-electron chi connectivity index (χ3n) is 9.41. The lowest BCUT2D eigenvalue weighted by Crippen LogP contribution is -2.57. The van der Waals surface area contributed by atoms with Gasteiger partial charge in [0.25, 0.3) is 5.91 Å². The van der Waals surface area contributed by atoms with Gasteiger partial charge in [0.15, 0.2) is 0 Å². The largest absolute Gasteiger partial charge is 0.507 e. The van der Waals surface area contributed by atoms with Crippen molar-refractivity contribution >= 4 is 5.91 Å². The second-order valence-electron chi connectivity index (χ2n) is 10.5. The molecule has 1 aromatic carbocycles. The maximum atomic E-state index is 12.1. The van der Waals surface area contributed by atoms with Crippen LogP contribution >= 0.6 is 0 Å². The first-order chi connectivity index (χ1) is 13.3. The highest BCUT2D eigenvalue weighted by Gasteiger charge is 2.84. The predicted molar refractivity (Wildman–Crippen MR) is 103 cm³/mol. The molecular weight excluding hydrogens is 354 g/mol. The molecule has 2 bridgehead atoms. The standard InChI is InChI=1S/C23H29NO4/c24-20(27)15-5-4-13-9-21-11-22(17(13)18(15)26)10-14(25)6-7-23(22,28)19(21)16(21)8-12-2-1-3-12/h4-5,12,14,16,19,25-26,28H,1-3,6-11H2,(H2,24,27)/t14-,16?,19-,21?,22+,23-/m1/s1. The first-order valence-electron chi connectivity index (χ1n) is 10.9. The van der Waals surface area contributed by atoms with Crippen LogP contribution in [0.1, 0.15) is 72.9 Å². The smallest absolute Gasteiger partial charge is 0.252 e. The molecule has 1 amide bonds. The molecule has 1 aromatic rings. The summed E-state index contributed by atoms with van der Waals surface area (Å²) in [5, 5.41) is 33.7. The molecular formula is C23H29NO4. The van der Waals surface area contributed by atoms with Crippen LogP contribution in [0.4, 0.5) is 0 Å². The SMILES string of the molecule is NC(=O)c1ccc2c(c1O)[C@@]13C[C@H](O)CC[C@@]1(O)[C@@H]1C(CC4CCC4)C1(C2)C3. The summed E-state index contributed by atoms with van der Waals surface area (Å²) in [6.45, 7) is 0. The van der Waals surface area contributed by atoms with Crippen molar-refractivity contribution in [2.24, 2.45) is 28.9 Å². The summed E-state index contributed by atoms with van der Waals surface area (Å²) in [4.78, 5) is 11.8. The van der Waals surface area contributed by atoms with Gasteiger partial charge >= 0.3 is 0 Å². The van der Waals surface area contributed by atoms with E-state index in [-0.39, 0.29) is 22.6 Å². The fraction of sp³-hybridized carbons (Fsp3) is 0.696. The third kappa shape index (κ3) is 1.79. The average molecular weight is 383 g/mol. The first-order valence-corrected chi connectivity index (χ1v) is 10.9. The normalized spacial score (nSPS) is 45.6. The van der Waals surface area contributed by atoms with Gasteiger partial charge in [0.2, 0.25) is 0 Å². The highest BCUT2D eigenvalue weighted by atomic mass is 16.3. The number of phenols is 1. The van der Waals surface area contributed by atoms with Crippen molar-refractivity contribution in [3.63, 3.8) is 0 Å². The number of aliphatic hydroxyl groups excluding tert-OH is 1. The van der Waals surface area contributed by atoms with Gasteiger partial charge in [0, 0.05) is 11.0 Å². The minimum absolute atomic E-state index is 0.0655. The second kappa shape index (κ2) is 5.11. The summed E-state index contributed by atoms with van der Waals surface area (Å²) >= 11 is 0. The van der Waals surface area contributed by atoms with E-state index in [0.29, 0.717) is 30.7 Å². The van der Waals surface area contributed by atoms with E-state index in [4.69, 9.17) is 5.73 Å². The Morgan fingerprint density at radius 1 is 1.25 bits per heavy atom. The molecule has 6 rings (SSSR count). The van der Waals surface area contributed by atoms with E-state index < -0.39 is 23.0 Å². The molecule has 2 unspecified atom stereocenters. The van der Waals surface area contributed by atoms with Crippen molar-refractivity contribution < 1.29 is 20.1 Å². The molecule has 0 heterocycles. The van der Waals surface area contributed by atoms with Gasteiger partial charge in [-0.05, 0) is 73.3 Å². The summed E-state index contributed by atoms with van der Waals surface area (Å²) in [6, 6.07) is 3.56. The van der Waals surface area contributed by atoms with Crippen LogP contribution in [0.3, 0.4) is 0 Å². The van der Waals surface area contributed by atoms with Crippen molar-refractivity contribution in [3.8, 4) is 5.75 Å². The maximum absolute atomic E-state index is 12.1. The molecule has 0 aliphatic heterocycles. The van der Waals surface area contributed by atoms with Crippen LogP contribution < -0.4 is 5.73 Å².